The standard InChI is InChI=1S/C18H23ClF2N6O/c1-22-18(23-10-12-9-13(19)6-7-14(12)28-17(20)21)24-11-16-26-25-15-5-3-2-4-8-27(15)16/h6-7,9,17H,2-5,8,10-11H2,1H3,(H2,22,23,24). The summed E-state index contributed by atoms with van der Waals surface area (Å²) in [6.45, 7) is -1.30. The van der Waals surface area contributed by atoms with Crippen molar-refractivity contribution >= 4 is 17.6 Å². The van der Waals surface area contributed by atoms with Crippen LogP contribution in [0.15, 0.2) is 23.2 Å². The van der Waals surface area contributed by atoms with E-state index in [-0.39, 0.29) is 12.3 Å². The van der Waals surface area contributed by atoms with Gasteiger partial charge < -0.3 is 19.9 Å². The first-order chi connectivity index (χ1) is 13.6. The van der Waals surface area contributed by atoms with Crippen molar-refractivity contribution in [3.8, 4) is 5.75 Å². The monoisotopic (exact) mass is 412 g/mol. The van der Waals surface area contributed by atoms with Crippen LogP contribution in [0, 0.1) is 0 Å². The molecule has 1 aromatic carbocycles. The number of ether oxygens (including phenoxy) is 1. The number of fused-ring (bicyclic) bond motifs is 1. The first-order valence-electron chi connectivity index (χ1n) is 9.15. The van der Waals surface area contributed by atoms with E-state index in [1.807, 2.05) is 0 Å². The Morgan fingerprint density at radius 3 is 2.86 bits per heavy atom. The van der Waals surface area contributed by atoms with E-state index in [1.165, 1.54) is 18.6 Å². The number of aromatic nitrogens is 3. The number of hydrogen-bond donors (Lipinski definition) is 2. The molecule has 2 aromatic rings. The van der Waals surface area contributed by atoms with Crippen molar-refractivity contribution in [2.24, 2.45) is 4.99 Å². The second-order valence-corrected chi connectivity index (χ2v) is 6.84. The molecule has 1 aliphatic rings. The van der Waals surface area contributed by atoms with Crippen LogP contribution in [0.25, 0.3) is 0 Å². The Morgan fingerprint density at radius 2 is 2.07 bits per heavy atom. The molecular weight excluding hydrogens is 390 g/mol. The van der Waals surface area contributed by atoms with Crippen LogP contribution in [-0.4, -0.2) is 34.4 Å². The fraction of sp³-hybridized carbons (Fsp3) is 0.500. The van der Waals surface area contributed by atoms with Gasteiger partial charge in [-0.3, -0.25) is 4.99 Å². The summed E-state index contributed by atoms with van der Waals surface area (Å²) in [5.41, 5.74) is 0.507. The largest absolute Gasteiger partial charge is 0.434 e. The lowest BCUT2D eigenvalue weighted by atomic mass is 10.2. The number of rotatable bonds is 6. The van der Waals surface area contributed by atoms with Gasteiger partial charge in [-0.2, -0.15) is 8.78 Å². The number of aliphatic imine (C=N–C) groups is 1. The first kappa shape index (κ1) is 20.3. The maximum atomic E-state index is 12.6. The minimum Gasteiger partial charge on any atom is -0.434 e. The topological polar surface area (TPSA) is 76.4 Å². The molecule has 3 rings (SSSR count). The molecule has 0 spiro atoms. The van der Waals surface area contributed by atoms with Gasteiger partial charge in [-0.25, -0.2) is 0 Å². The van der Waals surface area contributed by atoms with Crippen LogP contribution in [-0.2, 0) is 26.1 Å². The Labute approximate surface area is 167 Å². The number of halogens is 3. The fourth-order valence-electron chi connectivity index (χ4n) is 3.14. The van der Waals surface area contributed by atoms with Gasteiger partial charge in [0, 0.05) is 37.1 Å². The van der Waals surface area contributed by atoms with Gasteiger partial charge in [-0.15, -0.1) is 10.2 Å². The molecule has 152 valence electrons. The highest BCUT2D eigenvalue weighted by Crippen LogP contribution is 2.24. The maximum Gasteiger partial charge on any atom is 0.387 e. The number of hydrogen-bond acceptors (Lipinski definition) is 4. The van der Waals surface area contributed by atoms with Gasteiger partial charge in [0.1, 0.15) is 11.6 Å². The van der Waals surface area contributed by atoms with E-state index in [2.05, 4.69) is 35.1 Å². The van der Waals surface area contributed by atoms with E-state index in [4.69, 9.17) is 11.6 Å². The quantitative estimate of drug-likeness (QED) is 0.563. The molecule has 0 radical (unpaired) electrons. The Kier molecular flexibility index (Phi) is 7.02. The molecule has 0 bridgehead atoms. The Bertz CT molecular complexity index is 826. The zero-order valence-corrected chi connectivity index (χ0v) is 16.3. The van der Waals surface area contributed by atoms with Crippen molar-refractivity contribution in [1.82, 2.24) is 25.4 Å². The third-order valence-corrected chi connectivity index (χ3v) is 4.74. The number of nitrogens with one attached hydrogen (secondary N) is 2. The summed E-state index contributed by atoms with van der Waals surface area (Å²) in [4.78, 5) is 4.16. The van der Waals surface area contributed by atoms with Crippen molar-refractivity contribution in [3.05, 3.63) is 40.4 Å². The number of guanidine groups is 1. The minimum absolute atomic E-state index is 0.0742. The summed E-state index contributed by atoms with van der Waals surface area (Å²) in [5, 5.41) is 15.2. The Balaban J connectivity index is 1.60. The molecular formula is C18H23ClF2N6O. The Hall–Kier alpha value is -2.42. The number of benzene rings is 1. The van der Waals surface area contributed by atoms with Gasteiger partial charge in [0.2, 0.25) is 0 Å². The van der Waals surface area contributed by atoms with Crippen molar-refractivity contribution in [2.45, 2.75) is 51.9 Å². The molecule has 0 saturated carbocycles. The molecule has 1 aromatic heterocycles. The van der Waals surface area contributed by atoms with Crippen molar-refractivity contribution < 1.29 is 13.5 Å². The van der Waals surface area contributed by atoms with E-state index in [0.29, 0.717) is 23.1 Å². The average molecular weight is 413 g/mol. The van der Waals surface area contributed by atoms with Gasteiger partial charge in [-0.05, 0) is 31.0 Å². The molecule has 0 saturated heterocycles. The van der Waals surface area contributed by atoms with Crippen LogP contribution in [0.2, 0.25) is 5.02 Å². The molecule has 0 fully saturated rings. The molecule has 0 amide bonds. The lowest BCUT2D eigenvalue weighted by Gasteiger charge is -2.15. The zero-order chi connectivity index (χ0) is 19.9. The van der Waals surface area contributed by atoms with Crippen LogP contribution < -0.4 is 15.4 Å². The van der Waals surface area contributed by atoms with E-state index < -0.39 is 6.61 Å². The van der Waals surface area contributed by atoms with Crippen LogP contribution >= 0.6 is 11.6 Å². The lowest BCUT2D eigenvalue weighted by Crippen LogP contribution is -2.37. The molecule has 0 unspecified atom stereocenters. The summed E-state index contributed by atoms with van der Waals surface area (Å²) < 4.78 is 31.9. The normalized spacial score (nSPS) is 14.5. The average Bonchev–Trinajstić information content (AvgIpc) is 2.90. The third kappa shape index (κ3) is 5.31. The number of nitrogens with zero attached hydrogens (tertiary/aromatic N) is 4. The highest BCUT2D eigenvalue weighted by molar-refractivity contribution is 6.30. The van der Waals surface area contributed by atoms with Crippen LogP contribution in [0.1, 0.15) is 36.5 Å². The number of alkyl halides is 2. The molecule has 1 aliphatic heterocycles. The van der Waals surface area contributed by atoms with Crippen molar-refractivity contribution in [3.63, 3.8) is 0 Å². The van der Waals surface area contributed by atoms with Gasteiger partial charge in [0.05, 0.1) is 6.54 Å². The van der Waals surface area contributed by atoms with Gasteiger partial charge in [-0.1, -0.05) is 18.0 Å². The highest BCUT2D eigenvalue weighted by atomic mass is 35.5. The van der Waals surface area contributed by atoms with Crippen molar-refractivity contribution in [1.29, 1.82) is 0 Å². The zero-order valence-electron chi connectivity index (χ0n) is 15.6. The van der Waals surface area contributed by atoms with Crippen LogP contribution in [0.5, 0.6) is 5.75 Å². The SMILES string of the molecule is CN=C(NCc1cc(Cl)ccc1OC(F)F)NCc1nnc2n1CCCCC2. The van der Waals surface area contributed by atoms with Crippen molar-refractivity contribution in [2.75, 3.05) is 7.05 Å². The van der Waals surface area contributed by atoms with E-state index >= 15 is 0 Å². The molecule has 0 atom stereocenters. The van der Waals surface area contributed by atoms with E-state index in [1.54, 1.807) is 13.1 Å². The van der Waals surface area contributed by atoms with E-state index in [0.717, 1.165) is 37.5 Å². The molecule has 2 heterocycles. The predicted molar refractivity (Wildman–Crippen MR) is 103 cm³/mol. The maximum absolute atomic E-state index is 12.6. The summed E-state index contributed by atoms with van der Waals surface area (Å²) in [7, 11) is 1.63. The predicted octanol–water partition coefficient (Wildman–Crippen LogP) is 3.12. The summed E-state index contributed by atoms with van der Waals surface area (Å²) in [6.07, 6.45) is 4.40. The molecule has 10 heteroatoms. The molecule has 7 nitrogen and oxygen atoms in total. The lowest BCUT2D eigenvalue weighted by molar-refractivity contribution is -0.0504. The molecule has 28 heavy (non-hydrogen) atoms. The van der Waals surface area contributed by atoms with E-state index in [9.17, 15) is 8.78 Å². The first-order valence-corrected chi connectivity index (χ1v) is 9.53. The minimum atomic E-state index is -2.90. The second kappa shape index (κ2) is 9.68. The van der Waals surface area contributed by atoms with Crippen LogP contribution in [0.4, 0.5) is 8.78 Å². The highest BCUT2D eigenvalue weighted by Gasteiger charge is 2.15. The fourth-order valence-corrected chi connectivity index (χ4v) is 3.33. The summed E-state index contributed by atoms with van der Waals surface area (Å²) in [6, 6.07) is 4.51. The van der Waals surface area contributed by atoms with Gasteiger partial charge in [0.15, 0.2) is 11.8 Å². The van der Waals surface area contributed by atoms with Gasteiger partial charge >= 0.3 is 6.61 Å². The van der Waals surface area contributed by atoms with Gasteiger partial charge in [0.25, 0.3) is 0 Å². The summed E-state index contributed by atoms with van der Waals surface area (Å²) in [5.74, 6) is 2.45. The summed E-state index contributed by atoms with van der Waals surface area (Å²) >= 11 is 5.98. The molecule has 0 aliphatic carbocycles. The Morgan fingerprint density at radius 1 is 1.25 bits per heavy atom. The number of aryl methyl sites for hydroxylation is 1. The smallest absolute Gasteiger partial charge is 0.387 e. The van der Waals surface area contributed by atoms with Crippen LogP contribution in [0.3, 0.4) is 0 Å². The second-order valence-electron chi connectivity index (χ2n) is 6.40. The molecule has 2 N–H and O–H groups in total. The third-order valence-electron chi connectivity index (χ3n) is 4.51.